The van der Waals surface area contributed by atoms with Gasteiger partial charge in [-0.15, -0.1) is 0 Å². The van der Waals surface area contributed by atoms with Crippen molar-refractivity contribution in [2.75, 3.05) is 6.54 Å². The molecule has 0 radical (unpaired) electrons. The first-order chi connectivity index (χ1) is 4.77. The van der Waals surface area contributed by atoms with Crippen LogP contribution in [0.1, 0.15) is 19.3 Å². The fourth-order valence-electron chi connectivity index (χ4n) is 2.16. The summed E-state index contributed by atoms with van der Waals surface area (Å²) in [6.45, 7) is 0.792. The van der Waals surface area contributed by atoms with Crippen molar-refractivity contribution in [3.63, 3.8) is 0 Å². The number of fused-ring (bicyclic) bond motifs is 2. The summed E-state index contributed by atoms with van der Waals surface area (Å²) in [6.07, 6.45) is 2.73. The maximum atomic E-state index is 10.5. The molecule has 56 valence electrons. The molecule has 2 rings (SSSR count). The standard InChI is InChI=1S/C7H11NO2/c9-7(10)8-4-5-1-2-6(8)3-5/h5-6H,1-4H2,(H,9,10)/t5-,6+/m1/s1. The highest BCUT2D eigenvalue weighted by molar-refractivity contribution is 5.66. The smallest absolute Gasteiger partial charge is 0.407 e. The molecule has 0 aromatic carbocycles. The van der Waals surface area contributed by atoms with E-state index in [2.05, 4.69) is 0 Å². The van der Waals surface area contributed by atoms with E-state index in [0.29, 0.717) is 12.0 Å². The quantitative estimate of drug-likeness (QED) is 0.549. The van der Waals surface area contributed by atoms with Gasteiger partial charge in [-0.05, 0) is 25.2 Å². The highest BCUT2D eigenvalue weighted by Crippen LogP contribution is 2.36. The molecule has 2 aliphatic rings. The molecule has 1 N–H and O–H groups in total. The summed E-state index contributed by atoms with van der Waals surface area (Å²) >= 11 is 0. The summed E-state index contributed by atoms with van der Waals surface area (Å²) in [6, 6.07) is 0.363. The lowest BCUT2D eigenvalue weighted by Crippen LogP contribution is -2.36. The zero-order valence-corrected chi connectivity index (χ0v) is 5.79. The maximum absolute atomic E-state index is 10.5. The van der Waals surface area contributed by atoms with Crippen LogP contribution in [0.4, 0.5) is 4.79 Å². The Hall–Kier alpha value is -0.730. The summed E-state index contributed by atoms with van der Waals surface area (Å²) < 4.78 is 0. The molecule has 2 bridgehead atoms. The van der Waals surface area contributed by atoms with Crippen LogP contribution in [-0.2, 0) is 0 Å². The molecular formula is C7H11NO2. The Kier molecular flexibility index (Phi) is 1.13. The van der Waals surface area contributed by atoms with E-state index in [-0.39, 0.29) is 0 Å². The number of carboxylic acid groups (broad SMARTS) is 1. The van der Waals surface area contributed by atoms with Gasteiger partial charge in [-0.2, -0.15) is 0 Å². The van der Waals surface area contributed by atoms with Gasteiger partial charge in [-0.3, -0.25) is 0 Å². The van der Waals surface area contributed by atoms with Gasteiger partial charge in [0, 0.05) is 12.6 Å². The van der Waals surface area contributed by atoms with Gasteiger partial charge in [-0.1, -0.05) is 0 Å². The molecular weight excluding hydrogens is 130 g/mol. The van der Waals surface area contributed by atoms with Crippen molar-refractivity contribution in [3.8, 4) is 0 Å². The van der Waals surface area contributed by atoms with Gasteiger partial charge >= 0.3 is 6.09 Å². The van der Waals surface area contributed by atoms with Crippen molar-refractivity contribution in [2.24, 2.45) is 5.92 Å². The third-order valence-corrected chi connectivity index (χ3v) is 2.65. The van der Waals surface area contributed by atoms with Crippen LogP contribution in [-0.4, -0.2) is 28.7 Å². The largest absolute Gasteiger partial charge is 0.465 e. The van der Waals surface area contributed by atoms with Crippen LogP contribution in [0.3, 0.4) is 0 Å². The van der Waals surface area contributed by atoms with Crippen molar-refractivity contribution in [1.29, 1.82) is 0 Å². The molecule has 2 atom stereocenters. The van der Waals surface area contributed by atoms with Crippen LogP contribution in [0.5, 0.6) is 0 Å². The highest BCUT2D eigenvalue weighted by Gasteiger charge is 2.40. The second kappa shape index (κ2) is 1.87. The van der Waals surface area contributed by atoms with Crippen LogP contribution >= 0.6 is 0 Å². The number of amides is 1. The Morgan fingerprint density at radius 2 is 2.30 bits per heavy atom. The minimum Gasteiger partial charge on any atom is -0.465 e. The van der Waals surface area contributed by atoms with Crippen molar-refractivity contribution < 1.29 is 9.90 Å². The van der Waals surface area contributed by atoms with Crippen molar-refractivity contribution in [2.45, 2.75) is 25.3 Å². The van der Waals surface area contributed by atoms with Gasteiger partial charge in [0.25, 0.3) is 0 Å². The summed E-state index contributed by atoms with van der Waals surface area (Å²) in [5, 5.41) is 8.66. The molecule has 0 spiro atoms. The van der Waals surface area contributed by atoms with E-state index >= 15 is 0 Å². The van der Waals surface area contributed by atoms with Gasteiger partial charge in [0.15, 0.2) is 0 Å². The van der Waals surface area contributed by atoms with Crippen LogP contribution in [0.15, 0.2) is 0 Å². The number of likely N-dealkylation sites (tertiary alicyclic amines) is 1. The average Bonchev–Trinajstić information content (AvgIpc) is 2.44. The molecule has 3 heteroatoms. The van der Waals surface area contributed by atoms with E-state index in [0.717, 1.165) is 19.4 Å². The lowest BCUT2D eigenvalue weighted by atomic mass is 10.1. The molecule has 1 heterocycles. The minimum absolute atomic E-state index is 0.363. The maximum Gasteiger partial charge on any atom is 0.407 e. The van der Waals surface area contributed by atoms with Crippen molar-refractivity contribution in [1.82, 2.24) is 4.90 Å². The summed E-state index contributed by atoms with van der Waals surface area (Å²) in [5.74, 6) is 0.682. The molecule has 0 aromatic rings. The molecule has 0 unspecified atom stereocenters. The van der Waals surface area contributed by atoms with Crippen LogP contribution in [0, 0.1) is 5.92 Å². The molecule has 10 heavy (non-hydrogen) atoms. The molecule has 3 nitrogen and oxygen atoms in total. The second-order valence-electron chi connectivity index (χ2n) is 3.27. The highest BCUT2D eigenvalue weighted by atomic mass is 16.4. The first-order valence-electron chi connectivity index (χ1n) is 3.77. The molecule has 1 saturated carbocycles. The number of carbonyl (C=O) groups is 1. The summed E-state index contributed by atoms with van der Waals surface area (Å²) in [7, 11) is 0. The zero-order chi connectivity index (χ0) is 7.14. The van der Waals surface area contributed by atoms with Crippen molar-refractivity contribution in [3.05, 3.63) is 0 Å². The summed E-state index contributed by atoms with van der Waals surface area (Å²) in [5.41, 5.74) is 0. The van der Waals surface area contributed by atoms with E-state index in [1.165, 1.54) is 6.42 Å². The Morgan fingerprint density at radius 3 is 2.60 bits per heavy atom. The fraction of sp³-hybridized carbons (Fsp3) is 0.857. The normalized spacial score (nSPS) is 37.0. The fourth-order valence-corrected chi connectivity index (χ4v) is 2.16. The van der Waals surface area contributed by atoms with Gasteiger partial charge in [0.1, 0.15) is 0 Å². The number of rotatable bonds is 0. The van der Waals surface area contributed by atoms with Crippen LogP contribution in [0.25, 0.3) is 0 Å². The SMILES string of the molecule is O=C(O)N1C[C@@H]2CC[C@H]1C2. The third-order valence-electron chi connectivity index (χ3n) is 2.65. The first kappa shape index (κ1) is 6.01. The zero-order valence-electron chi connectivity index (χ0n) is 5.79. The molecule has 1 aliphatic carbocycles. The molecule has 2 fully saturated rings. The monoisotopic (exact) mass is 141 g/mol. The first-order valence-corrected chi connectivity index (χ1v) is 3.77. The lowest BCUT2D eigenvalue weighted by Gasteiger charge is -2.23. The predicted octanol–water partition coefficient (Wildman–Crippen LogP) is 1.15. The number of piperidine rings is 1. The van der Waals surface area contributed by atoms with Gasteiger partial charge < -0.3 is 10.0 Å². The van der Waals surface area contributed by atoms with Gasteiger partial charge in [0.05, 0.1) is 0 Å². The average molecular weight is 141 g/mol. The lowest BCUT2D eigenvalue weighted by molar-refractivity contribution is 0.130. The van der Waals surface area contributed by atoms with E-state index in [1.54, 1.807) is 4.90 Å². The van der Waals surface area contributed by atoms with E-state index in [4.69, 9.17) is 5.11 Å². The minimum atomic E-state index is -0.729. The van der Waals surface area contributed by atoms with Gasteiger partial charge in [-0.25, -0.2) is 4.79 Å². The van der Waals surface area contributed by atoms with E-state index in [1.807, 2.05) is 0 Å². The van der Waals surface area contributed by atoms with Gasteiger partial charge in [0.2, 0.25) is 0 Å². The van der Waals surface area contributed by atoms with Crippen LogP contribution < -0.4 is 0 Å². The van der Waals surface area contributed by atoms with Crippen LogP contribution in [0.2, 0.25) is 0 Å². The molecule has 1 aliphatic heterocycles. The molecule has 1 amide bonds. The molecule has 1 saturated heterocycles. The number of nitrogens with zero attached hydrogens (tertiary/aromatic N) is 1. The Balaban J connectivity index is 2.08. The Morgan fingerprint density at radius 1 is 1.50 bits per heavy atom. The van der Waals surface area contributed by atoms with Crippen molar-refractivity contribution >= 4 is 6.09 Å². The second-order valence-corrected chi connectivity index (χ2v) is 3.27. The van der Waals surface area contributed by atoms with E-state index < -0.39 is 6.09 Å². The number of hydrogen-bond acceptors (Lipinski definition) is 1. The van der Waals surface area contributed by atoms with E-state index in [9.17, 15) is 4.79 Å². The number of hydrogen-bond donors (Lipinski definition) is 1. The molecule has 0 aromatic heterocycles. The predicted molar refractivity (Wildman–Crippen MR) is 35.9 cm³/mol. The third kappa shape index (κ3) is 0.696. The topological polar surface area (TPSA) is 40.5 Å². The summed E-state index contributed by atoms with van der Waals surface area (Å²) in [4.78, 5) is 12.1. The Bertz CT molecular complexity index is 169. The Labute approximate surface area is 59.6 Å².